The Hall–Kier alpha value is -1.76. The third-order valence-electron chi connectivity index (χ3n) is 3.16. The quantitative estimate of drug-likeness (QED) is 0.776. The molecule has 1 aromatic heterocycles. The van der Waals surface area contributed by atoms with E-state index in [-0.39, 0.29) is 0 Å². The van der Waals surface area contributed by atoms with Crippen LogP contribution in [0.5, 0.6) is 0 Å². The molecule has 0 spiro atoms. The summed E-state index contributed by atoms with van der Waals surface area (Å²) < 4.78 is 0. The van der Waals surface area contributed by atoms with Crippen LogP contribution in [0.4, 0.5) is 0 Å². The van der Waals surface area contributed by atoms with Crippen molar-refractivity contribution in [1.82, 2.24) is 15.3 Å². The van der Waals surface area contributed by atoms with E-state index >= 15 is 0 Å². The zero-order chi connectivity index (χ0) is 12.3. The summed E-state index contributed by atoms with van der Waals surface area (Å²) in [6, 6.07) is 1.77. The predicted octanol–water partition coefficient (Wildman–Crippen LogP) is 1.85. The standard InChI is InChI=1S/C11H15N7/c1-5-13-10(14-6-1)11(15-17-18-16-11)4-7-12-8-9-2-3-9/h1,5-6,9,12H,2-4,7-8H2. The first-order valence-electron chi connectivity index (χ1n) is 6.21. The van der Waals surface area contributed by atoms with Crippen LogP contribution in [0.2, 0.25) is 0 Å². The van der Waals surface area contributed by atoms with Crippen LogP contribution < -0.4 is 5.32 Å². The Morgan fingerprint density at radius 3 is 2.56 bits per heavy atom. The van der Waals surface area contributed by atoms with Gasteiger partial charge in [0.25, 0.3) is 5.66 Å². The fourth-order valence-electron chi connectivity index (χ4n) is 1.91. The van der Waals surface area contributed by atoms with Gasteiger partial charge in [-0.3, -0.25) is 0 Å². The van der Waals surface area contributed by atoms with Gasteiger partial charge in [0.2, 0.25) is 0 Å². The summed E-state index contributed by atoms with van der Waals surface area (Å²) in [6.07, 6.45) is 6.74. The summed E-state index contributed by atoms with van der Waals surface area (Å²) in [5, 5.41) is 18.8. The van der Waals surface area contributed by atoms with Gasteiger partial charge >= 0.3 is 0 Å². The molecule has 94 valence electrons. The Bertz CT molecular complexity index is 440. The van der Waals surface area contributed by atoms with E-state index in [1.54, 1.807) is 18.5 Å². The van der Waals surface area contributed by atoms with Gasteiger partial charge < -0.3 is 5.32 Å². The van der Waals surface area contributed by atoms with Crippen LogP contribution in [0.15, 0.2) is 39.1 Å². The van der Waals surface area contributed by atoms with Crippen LogP contribution in [0.1, 0.15) is 25.1 Å². The van der Waals surface area contributed by atoms with E-state index in [0.29, 0.717) is 12.2 Å². The van der Waals surface area contributed by atoms with Gasteiger partial charge in [-0.15, -0.1) is 10.2 Å². The van der Waals surface area contributed by atoms with E-state index in [9.17, 15) is 0 Å². The molecule has 1 aliphatic carbocycles. The summed E-state index contributed by atoms with van der Waals surface area (Å²) in [5.74, 6) is 1.42. The van der Waals surface area contributed by atoms with Crippen molar-refractivity contribution in [3.8, 4) is 0 Å². The molecular weight excluding hydrogens is 230 g/mol. The summed E-state index contributed by atoms with van der Waals surface area (Å²) in [7, 11) is 0. The molecule has 0 atom stereocenters. The fourth-order valence-corrected chi connectivity index (χ4v) is 1.91. The van der Waals surface area contributed by atoms with E-state index in [2.05, 4.69) is 36.0 Å². The topological polar surface area (TPSA) is 87.2 Å². The minimum Gasteiger partial charge on any atom is -0.316 e. The minimum absolute atomic E-state index is 0.559. The molecule has 0 radical (unpaired) electrons. The summed E-state index contributed by atoms with van der Waals surface area (Å²) in [4.78, 5) is 8.43. The average molecular weight is 245 g/mol. The van der Waals surface area contributed by atoms with E-state index in [0.717, 1.165) is 19.0 Å². The van der Waals surface area contributed by atoms with E-state index in [1.165, 1.54) is 12.8 Å². The molecule has 7 nitrogen and oxygen atoms in total. The normalized spacial score (nSPS) is 20.4. The third-order valence-corrected chi connectivity index (χ3v) is 3.16. The average Bonchev–Trinajstić information content (AvgIpc) is 3.13. The van der Waals surface area contributed by atoms with Crippen LogP contribution in [0.25, 0.3) is 0 Å². The van der Waals surface area contributed by atoms with Crippen LogP contribution in [0, 0.1) is 5.92 Å². The van der Waals surface area contributed by atoms with Crippen molar-refractivity contribution in [1.29, 1.82) is 0 Å². The first-order chi connectivity index (χ1) is 8.89. The number of aromatic nitrogens is 2. The maximum Gasteiger partial charge on any atom is 0.254 e. The Morgan fingerprint density at radius 2 is 1.89 bits per heavy atom. The van der Waals surface area contributed by atoms with Crippen LogP contribution in [-0.4, -0.2) is 23.1 Å². The smallest absolute Gasteiger partial charge is 0.254 e. The number of hydrogen-bond acceptors (Lipinski definition) is 7. The Morgan fingerprint density at radius 1 is 1.17 bits per heavy atom. The molecule has 1 fully saturated rings. The lowest BCUT2D eigenvalue weighted by molar-refractivity contribution is 0.387. The van der Waals surface area contributed by atoms with Gasteiger partial charge in [-0.05, 0) is 48.4 Å². The van der Waals surface area contributed by atoms with Crippen molar-refractivity contribution in [2.75, 3.05) is 13.1 Å². The van der Waals surface area contributed by atoms with Crippen LogP contribution >= 0.6 is 0 Å². The van der Waals surface area contributed by atoms with Crippen molar-refractivity contribution in [3.63, 3.8) is 0 Å². The van der Waals surface area contributed by atoms with Crippen molar-refractivity contribution in [2.45, 2.75) is 24.9 Å². The minimum atomic E-state index is -0.822. The van der Waals surface area contributed by atoms with Crippen molar-refractivity contribution < 1.29 is 0 Å². The van der Waals surface area contributed by atoms with E-state index in [4.69, 9.17) is 0 Å². The third kappa shape index (κ3) is 2.40. The zero-order valence-electron chi connectivity index (χ0n) is 10.0. The molecule has 0 unspecified atom stereocenters. The Labute approximate surface area is 105 Å². The molecule has 0 bridgehead atoms. The molecule has 0 saturated heterocycles. The fraction of sp³-hybridized carbons (Fsp3) is 0.636. The highest BCUT2D eigenvalue weighted by atomic mass is 15.6. The molecular formula is C11H15N7. The van der Waals surface area contributed by atoms with Gasteiger partial charge in [0.1, 0.15) is 0 Å². The SMILES string of the molecule is c1cnc(C2(CCNCC3CC3)N=NN=N2)nc1. The van der Waals surface area contributed by atoms with Crippen LogP contribution in [0.3, 0.4) is 0 Å². The second-order valence-corrected chi connectivity index (χ2v) is 4.67. The van der Waals surface area contributed by atoms with Gasteiger partial charge in [0.15, 0.2) is 5.82 Å². The van der Waals surface area contributed by atoms with Crippen molar-refractivity contribution in [3.05, 3.63) is 24.3 Å². The lowest BCUT2D eigenvalue weighted by Crippen LogP contribution is -2.29. The number of rotatable bonds is 6. The first kappa shape index (κ1) is 11.3. The molecule has 1 N–H and O–H groups in total. The predicted molar refractivity (Wildman–Crippen MR) is 63.6 cm³/mol. The summed E-state index contributed by atoms with van der Waals surface area (Å²) >= 11 is 0. The Balaban J connectivity index is 1.64. The maximum absolute atomic E-state index is 4.21. The van der Waals surface area contributed by atoms with Crippen molar-refractivity contribution >= 4 is 0 Å². The first-order valence-corrected chi connectivity index (χ1v) is 6.21. The second-order valence-electron chi connectivity index (χ2n) is 4.67. The second kappa shape index (κ2) is 4.85. The number of nitrogens with zero attached hydrogens (tertiary/aromatic N) is 6. The number of nitrogens with one attached hydrogen (secondary N) is 1. The molecule has 1 aliphatic heterocycles. The van der Waals surface area contributed by atoms with Gasteiger partial charge in [-0.25, -0.2) is 9.97 Å². The molecule has 18 heavy (non-hydrogen) atoms. The van der Waals surface area contributed by atoms with E-state index in [1.807, 2.05) is 0 Å². The molecule has 2 heterocycles. The molecule has 0 amide bonds. The largest absolute Gasteiger partial charge is 0.316 e. The lowest BCUT2D eigenvalue weighted by Gasteiger charge is -2.17. The number of hydrogen-bond donors (Lipinski definition) is 1. The molecule has 7 heteroatoms. The maximum atomic E-state index is 4.21. The van der Waals surface area contributed by atoms with Crippen LogP contribution in [-0.2, 0) is 5.66 Å². The molecule has 3 rings (SSSR count). The Kier molecular flexibility index (Phi) is 3.06. The zero-order valence-corrected chi connectivity index (χ0v) is 10.0. The molecule has 0 aromatic carbocycles. The molecule has 1 saturated carbocycles. The van der Waals surface area contributed by atoms with Gasteiger partial charge in [0.05, 0.1) is 0 Å². The van der Waals surface area contributed by atoms with Gasteiger partial charge in [0, 0.05) is 18.8 Å². The van der Waals surface area contributed by atoms with Gasteiger partial charge in [-0.2, -0.15) is 0 Å². The van der Waals surface area contributed by atoms with Crippen molar-refractivity contribution in [2.24, 2.45) is 26.6 Å². The summed E-state index contributed by atoms with van der Waals surface area (Å²) in [5.41, 5.74) is -0.822. The highest BCUT2D eigenvalue weighted by Gasteiger charge is 2.38. The molecule has 1 aromatic rings. The van der Waals surface area contributed by atoms with E-state index < -0.39 is 5.66 Å². The monoisotopic (exact) mass is 245 g/mol. The lowest BCUT2D eigenvalue weighted by atomic mass is 10.1. The molecule has 2 aliphatic rings. The summed E-state index contributed by atoms with van der Waals surface area (Å²) in [6.45, 7) is 1.88. The highest BCUT2D eigenvalue weighted by Crippen LogP contribution is 2.33. The van der Waals surface area contributed by atoms with Gasteiger partial charge in [-0.1, -0.05) is 0 Å². The highest BCUT2D eigenvalue weighted by molar-refractivity contribution is 5.05.